The largest absolute Gasteiger partial charge is 0.452 e. The number of anilines is 2. The third-order valence-electron chi connectivity index (χ3n) is 4.36. The summed E-state index contributed by atoms with van der Waals surface area (Å²) in [5.41, 5.74) is 0.803. The zero-order chi connectivity index (χ0) is 24.0. The lowest BCUT2D eigenvalue weighted by Gasteiger charge is -2.10. The van der Waals surface area contributed by atoms with E-state index >= 15 is 0 Å². The first-order valence-electron chi connectivity index (χ1n) is 9.56. The Morgan fingerprint density at radius 1 is 1.00 bits per heavy atom. The number of hydrogen-bond acceptors (Lipinski definition) is 7. The van der Waals surface area contributed by atoms with E-state index in [4.69, 9.17) is 4.74 Å². The zero-order valence-corrected chi connectivity index (χ0v) is 18.2. The molecule has 0 radical (unpaired) electrons. The second-order valence-electron chi connectivity index (χ2n) is 6.90. The molecule has 0 spiro atoms. The van der Waals surface area contributed by atoms with Crippen molar-refractivity contribution in [2.24, 2.45) is 0 Å². The summed E-state index contributed by atoms with van der Waals surface area (Å²) in [5, 5.41) is 13.3. The average molecular weight is 469 g/mol. The second-order valence-corrected chi connectivity index (χ2v) is 8.58. The minimum atomic E-state index is -3.97. The van der Waals surface area contributed by atoms with Crippen molar-refractivity contribution >= 4 is 39.0 Å². The number of hydrogen-bond donors (Lipinski definition) is 2. The van der Waals surface area contributed by atoms with E-state index < -0.39 is 33.4 Å². The molecule has 0 saturated carbocycles. The summed E-state index contributed by atoms with van der Waals surface area (Å²) in [4.78, 5) is 34.6. The van der Waals surface area contributed by atoms with Crippen molar-refractivity contribution in [1.82, 2.24) is 0 Å². The van der Waals surface area contributed by atoms with Gasteiger partial charge in [0.05, 0.1) is 15.4 Å². The van der Waals surface area contributed by atoms with E-state index in [2.05, 4.69) is 10.0 Å². The first-order chi connectivity index (χ1) is 15.7. The van der Waals surface area contributed by atoms with Crippen LogP contribution in [0.2, 0.25) is 0 Å². The van der Waals surface area contributed by atoms with Crippen molar-refractivity contribution in [1.29, 1.82) is 0 Å². The lowest BCUT2D eigenvalue weighted by Crippen LogP contribution is -2.21. The predicted octanol–water partition coefficient (Wildman–Crippen LogP) is 3.50. The molecule has 10 nitrogen and oxygen atoms in total. The molecule has 0 unspecified atom stereocenters. The molecule has 170 valence electrons. The minimum absolute atomic E-state index is 0.0427. The summed E-state index contributed by atoms with van der Waals surface area (Å²) in [5.74, 6) is -1.72. The third kappa shape index (κ3) is 6.14. The Balaban J connectivity index is 1.66. The van der Waals surface area contributed by atoms with Gasteiger partial charge in [-0.05, 0) is 48.9 Å². The Morgan fingerprint density at radius 2 is 1.73 bits per heavy atom. The summed E-state index contributed by atoms with van der Waals surface area (Å²) in [6.07, 6.45) is 0. The van der Waals surface area contributed by atoms with Gasteiger partial charge in [0.1, 0.15) is 5.69 Å². The molecular weight excluding hydrogens is 450 g/mol. The number of rotatable bonds is 8. The summed E-state index contributed by atoms with van der Waals surface area (Å²) >= 11 is 0. The van der Waals surface area contributed by atoms with Gasteiger partial charge in [-0.1, -0.05) is 30.3 Å². The molecule has 0 fully saturated rings. The summed E-state index contributed by atoms with van der Waals surface area (Å²) in [6.45, 7) is 1.10. The van der Waals surface area contributed by atoms with Crippen LogP contribution in [0.15, 0.2) is 77.7 Å². The minimum Gasteiger partial charge on any atom is -0.452 e. The van der Waals surface area contributed by atoms with E-state index in [1.807, 2.05) is 13.0 Å². The van der Waals surface area contributed by atoms with Gasteiger partial charge in [0.25, 0.3) is 21.6 Å². The third-order valence-corrected chi connectivity index (χ3v) is 5.74. The van der Waals surface area contributed by atoms with Gasteiger partial charge in [-0.3, -0.25) is 19.6 Å². The van der Waals surface area contributed by atoms with Crippen molar-refractivity contribution in [2.45, 2.75) is 11.8 Å². The number of aryl methyl sites for hydroxylation is 1. The van der Waals surface area contributed by atoms with Crippen molar-refractivity contribution in [2.75, 3.05) is 16.6 Å². The van der Waals surface area contributed by atoms with Gasteiger partial charge in [0.2, 0.25) is 0 Å². The maximum absolute atomic E-state index is 12.7. The highest BCUT2D eigenvalue weighted by Crippen LogP contribution is 2.23. The molecule has 0 atom stereocenters. The Morgan fingerprint density at radius 3 is 2.45 bits per heavy atom. The highest BCUT2D eigenvalue weighted by Gasteiger charge is 2.19. The molecular formula is C22H19N3O7S. The maximum Gasteiger partial charge on any atom is 0.338 e. The van der Waals surface area contributed by atoms with Gasteiger partial charge in [-0.15, -0.1) is 0 Å². The molecule has 0 heterocycles. The molecule has 0 aliphatic rings. The van der Waals surface area contributed by atoms with Crippen LogP contribution in [-0.2, 0) is 19.6 Å². The van der Waals surface area contributed by atoms with Crippen LogP contribution in [-0.4, -0.2) is 31.8 Å². The number of carbonyl (C=O) groups excluding carboxylic acids is 2. The maximum atomic E-state index is 12.7. The predicted molar refractivity (Wildman–Crippen MR) is 120 cm³/mol. The van der Waals surface area contributed by atoms with E-state index in [0.717, 1.165) is 11.6 Å². The van der Waals surface area contributed by atoms with Crippen LogP contribution < -0.4 is 10.0 Å². The lowest BCUT2D eigenvalue weighted by atomic mass is 10.2. The first-order valence-corrected chi connectivity index (χ1v) is 11.0. The van der Waals surface area contributed by atoms with Gasteiger partial charge in [0.15, 0.2) is 6.61 Å². The van der Waals surface area contributed by atoms with Gasteiger partial charge < -0.3 is 10.1 Å². The summed E-state index contributed by atoms with van der Waals surface area (Å²) in [6, 6.07) is 17.4. The molecule has 1 amide bonds. The number of benzene rings is 3. The fourth-order valence-electron chi connectivity index (χ4n) is 2.85. The molecule has 0 aliphatic heterocycles. The number of ether oxygens (including phenoxy) is 1. The van der Waals surface area contributed by atoms with Crippen molar-refractivity contribution in [3.8, 4) is 0 Å². The number of para-hydroxylation sites is 2. The normalized spacial score (nSPS) is 10.8. The van der Waals surface area contributed by atoms with Crippen LogP contribution in [0.5, 0.6) is 0 Å². The van der Waals surface area contributed by atoms with E-state index in [9.17, 15) is 28.1 Å². The first kappa shape index (κ1) is 23.4. The smallest absolute Gasteiger partial charge is 0.338 e. The molecule has 0 bridgehead atoms. The number of amides is 1. The Kier molecular flexibility index (Phi) is 7.04. The Labute approximate surface area is 189 Å². The van der Waals surface area contributed by atoms with Gasteiger partial charge in [0, 0.05) is 11.8 Å². The Bertz CT molecular complexity index is 1320. The number of nitro benzene ring substituents is 1. The standard InChI is InChI=1S/C22H19N3O7S/c1-15-6-4-8-17(12-15)24-33(30,31)18-9-5-7-16(13-18)22(27)32-14-21(26)23-19-10-2-3-11-20(19)25(28)29/h2-13,24H,14H2,1H3,(H,23,26). The number of nitro groups is 1. The summed E-state index contributed by atoms with van der Waals surface area (Å²) < 4.78 is 32.7. The van der Waals surface area contributed by atoms with Crippen molar-refractivity contribution in [3.05, 3.63) is 94.0 Å². The fourth-order valence-corrected chi connectivity index (χ4v) is 3.95. The number of nitrogens with zero attached hydrogens (tertiary/aromatic N) is 1. The molecule has 33 heavy (non-hydrogen) atoms. The monoisotopic (exact) mass is 469 g/mol. The topological polar surface area (TPSA) is 145 Å². The van der Waals surface area contributed by atoms with Crippen molar-refractivity contribution < 1.29 is 27.7 Å². The second kappa shape index (κ2) is 9.92. The van der Waals surface area contributed by atoms with Gasteiger partial charge in [-0.2, -0.15) is 0 Å². The van der Waals surface area contributed by atoms with Crippen LogP contribution in [0.4, 0.5) is 17.1 Å². The SMILES string of the molecule is Cc1cccc(NS(=O)(=O)c2cccc(C(=O)OCC(=O)Nc3ccccc3[N+](=O)[O-])c2)c1. The van der Waals surface area contributed by atoms with Crippen LogP contribution in [0.1, 0.15) is 15.9 Å². The zero-order valence-electron chi connectivity index (χ0n) is 17.3. The average Bonchev–Trinajstić information content (AvgIpc) is 2.77. The fraction of sp³-hybridized carbons (Fsp3) is 0.0909. The van der Waals surface area contributed by atoms with Gasteiger partial charge >= 0.3 is 5.97 Å². The molecule has 0 saturated heterocycles. The van der Waals surface area contributed by atoms with Crippen LogP contribution in [0.3, 0.4) is 0 Å². The number of esters is 1. The van der Waals surface area contributed by atoms with Crippen LogP contribution in [0.25, 0.3) is 0 Å². The van der Waals surface area contributed by atoms with E-state index in [1.165, 1.54) is 42.5 Å². The lowest BCUT2D eigenvalue weighted by molar-refractivity contribution is -0.383. The van der Waals surface area contributed by atoms with Gasteiger partial charge in [-0.25, -0.2) is 13.2 Å². The van der Waals surface area contributed by atoms with E-state index in [0.29, 0.717) is 5.69 Å². The van der Waals surface area contributed by atoms with Crippen LogP contribution >= 0.6 is 0 Å². The number of carbonyl (C=O) groups is 2. The quantitative estimate of drug-likeness (QED) is 0.292. The molecule has 3 aromatic rings. The molecule has 0 aliphatic carbocycles. The van der Waals surface area contributed by atoms with E-state index in [-0.39, 0.29) is 21.8 Å². The molecule has 3 rings (SSSR count). The van der Waals surface area contributed by atoms with E-state index in [1.54, 1.807) is 18.2 Å². The Hall–Kier alpha value is -4.25. The van der Waals surface area contributed by atoms with Crippen LogP contribution in [0, 0.1) is 17.0 Å². The highest BCUT2D eigenvalue weighted by atomic mass is 32.2. The molecule has 3 aromatic carbocycles. The van der Waals surface area contributed by atoms with Crippen molar-refractivity contribution in [3.63, 3.8) is 0 Å². The molecule has 0 aromatic heterocycles. The molecule has 11 heteroatoms. The number of nitrogens with one attached hydrogen (secondary N) is 2. The number of sulfonamides is 1. The summed E-state index contributed by atoms with van der Waals surface area (Å²) in [7, 11) is -3.97. The molecule has 2 N–H and O–H groups in total. The highest BCUT2D eigenvalue weighted by molar-refractivity contribution is 7.92.